The first-order chi connectivity index (χ1) is 8.28. The van der Waals surface area contributed by atoms with Crippen molar-refractivity contribution in [2.75, 3.05) is 12.4 Å². The van der Waals surface area contributed by atoms with Gasteiger partial charge in [-0.15, -0.1) is 11.8 Å². The van der Waals surface area contributed by atoms with E-state index in [1.54, 1.807) is 30.1 Å². The van der Waals surface area contributed by atoms with E-state index >= 15 is 0 Å². The van der Waals surface area contributed by atoms with Gasteiger partial charge in [-0.1, -0.05) is 0 Å². The average molecular weight is 246 g/mol. The summed E-state index contributed by atoms with van der Waals surface area (Å²) in [6, 6.07) is 11.2. The molecule has 4 heteroatoms. The van der Waals surface area contributed by atoms with Crippen LogP contribution in [-0.4, -0.2) is 17.1 Å². The fraction of sp³-hybridized carbons (Fsp3) is 0.154. The molecule has 88 valence electrons. The minimum absolute atomic E-state index is 0.296. The zero-order valence-electron chi connectivity index (χ0n) is 9.55. The second-order valence-corrected chi connectivity index (χ2v) is 4.62. The zero-order chi connectivity index (χ0) is 12.1. The molecule has 0 unspecified atom stereocenters. The van der Waals surface area contributed by atoms with Gasteiger partial charge in [0.15, 0.2) is 0 Å². The molecule has 0 aliphatic rings. The molecular formula is C13H14N2OS. The summed E-state index contributed by atoms with van der Waals surface area (Å²) in [5, 5.41) is 12.3. The molecule has 2 N–H and O–H groups in total. The SMILES string of the molecule is CNc1ccnc(CSc2ccc(O)cc2)c1. The van der Waals surface area contributed by atoms with Crippen LogP contribution in [0.3, 0.4) is 0 Å². The average Bonchev–Trinajstić information content (AvgIpc) is 2.38. The van der Waals surface area contributed by atoms with Crippen LogP contribution in [0.1, 0.15) is 5.69 Å². The molecule has 0 saturated heterocycles. The molecule has 0 radical (unpaired) electrons. The summed E-state index contributed by atoms with van der Waals surface area (Å²) < 4.78 is 0. The Hall–Kier alpha value is -1.68. The minimum Gasteiger partial charge on any atom is -0.508 e. The number of anilines is 1. The van der Waals surface area contributed by atoms with Crippen LogP contribution in [-0.2, 0) is 5.75 Å². The number of aromatic nitrogens is 1. The molecule has 3 nitrogen and oxygen atoms in total. The highest BCUT2D eigenvalue weighted by molar-refractivity contribution is 7.98. The maximum Gasteiger partial charge on any atom is 0.115 e. The predicted octanol–water partition coefficient (Wildman–Crippen LogP) is 3.12. The summed E-state index contributed by atoms with van der Waals surface area (Å²) in [6.07, 6.45) is 1.80. The lowest BCUT2D eigenvalue weighted by Crippen LogP contribution is -1.92. The van der Waals surface area contributed by atoms with Gasteiger partial charge in [-0.2, -0.15) is 0 Å². The Labute approximate surface area is 105 Å². The van der Waals surface area contributed by atoms with Crippen LogP contribution in [0.4, 0.5) is 5.69 Å². The molecule has 1 heterocycles. The van der Waals surface area contributed by atoms with Crippen molar-refractivity contribution in [1.29, 1.82) is 0 Å². The number of nitrogens with zero attached hydrogens (tertiary/aromatic N) is 1. The molecule has 0 spiro atoms. The van der Waals surface area contributed by atoms with Crippen molar-refractivity contribution in [3.63, 3.8) is 0 Å². The van der Waals surface area contributed by atoms with E-state index in [9.17, 15) is 5.11 Å². The summed E-state index contributed by atoms with van der Waals surface area (Å²) in [5.74, 6) is 1.12. The molecule has 17 heavy (non-hydrogen) atoms. The van der Waals surface area contributed by atoms with Gasteiger partial charge in [-0.3, -0.25) is 4.98 Å². The van der Waals surface area contributed by atoms with Gasteiger partial charge in [-0.05, 0) is 36.4 Å². The Kier molecular flexibility index (Phi) is 3.88. The normalized spacial score (nSPS) is 10.2. The van der Waals surface area contributed by atoms with Crippen molar-refractivity contribution >= 4 is 17.4 Å². The maximum absolute atomic E-state index is 9.18. The summed E-state index contributed by atoms with van der Waals surface area (Å²) in [7, 11) is 1.90. The first-order valence-electron chi connectivity index (χ1n) is 5.32. The van der Waals surface area contributed by atoms with E-state index < -0.39 is 0 Å². The van der Waals surface area contributed by atoms with E-state index in [1.807, 2.05) is 31.3 Å². The van der Waals surface area contributed by atoms with Gasteiger partial charge in [0.1, 0.15) is 5.75 Å². The van der Waals surface area contributed by atoms with Gasteiger partial charge in [-0.25, -0.2) is 0 Å². The van der Waals surface area contributed by atoms with Crippen LogP contribution in [0.15, 0.2) is 47.5 Å². The van der Waals surface area contributed by atoms with Gasteiger partial charge in [0.2, 0.25) is 0 Å². The van der Waals surface area contributed by atoms with E-state index in [2.05, 4.69) is 10.3 Å². The number of phenolic OH excluding ortho intramolecular Hbond substituents is 1. The number of nitrogens with one attached hydrogen (secondary N) is 1. The lowest BCUT2D eigenvalue weighted by Gasteiger charge is -2.04. The molecule has 2 rings (SSSR count). The molecule has 2 aromatic rings. The highest BCUT2D eigenvalue weighted by Crippen LogP contribution is 2.24. The smallest absolute Gasteiger partial charge is 0.115 e. The van der Waals surface area contributed by atoms with E-state index in [4.69, 9.17) is 0 Å². The Morgan fingerprint density at radius 1 is 1.24 bits per heavy atom. The third-order valence-corrected chi connectivity index (χ3v) is 3.37. The van der Waals surface area contributed by atoms with Crippen molar-refractivity contribution in [3.8, 4) is 5.75 Å². The number of aromatic hydroxyl groups is 1. The monoisotopic (exact) mass is 246 g/mol. The summed E-state index contributed by atoms with van der Waals surface area (Å²) in [5.41, 5.74) is 2.11. The van der Waals surface area contributed by atoms with Crippen LogP contribution < -0.4 is 5.32 Å². The van der Waals surface area contributed by atoms with Crippen LogP contribution >= 0.6 is 11.8 Å². The van der Waals surface area contributed by atoms with Gasteiger partial charge >= 0.3 is 0 Å². The second-order valence-electron chi connectivity index (χ2n) is 3.57. The molecule has 0 aliphatic carbocycles. The van der Waals surface area contributed by atoms with Crippen molar-refractivity contribution in [2.24, 2.45) is 0 Å². The van der Waals surface area contributed by atoms with E-state index in [1.165, 1.54) is 0 Å². The summed E-state index contributed by atoms with van der Waals surface area (Å²) in [4.78, 5) is 5.43. The fourth-order valence-corrected chi connectivity index (χ4v) is 2.21. The standard InChI is InChI=1S/C13H14N2OS/c1-14-10-6-7-15-11(8-10)9-17-13-4-2-12(16)3-5-13/h2-8,16H,9H2,1H3,(H,14,15). The van der Waals surface area contributed by atoms with E-state index in [0.717, 1.165) is 22.0 Å². The Morgan fingerprint density at radius 3 is 2.71 bits per heavy atom. The Morgan fingerprint density at radius 2 is 2.00 bits per heavy atom. The van der Waals surface area contributed by atoms with Gasteiger partial charge in [0.25, 0.3) is 0 Å². The highest BCUT2D eigenvalue weighted by atomic mass is 32.2. The zero-order valence-corrected chi connectivity index (χ0v) is 10.4. The number of benzene rings is 1. The molecule has 0 saturated carbocycles. The Balaban J connectivity index is 1.99. The van der Waals surface area contributed by atoms with Crippen molar-refractivity contribution in [1.82, 2.24) is 4.98 Å². The molecule has 0 amide bonds. The summed E-state index contributed by atoms with van der Waals surface area (Å²) in [6.45, 7) is 0. The molecule has 1 aromatic carbocycles. The van der Waals surface area contributed by atoms with Crippen LogP contribution in [0.2, 0.25) is 0 Å². The number of hydrogen-bond acceptors (Lipinski definition) is 4. The molecule has 0 fully saturated rings. The highest BCUT2D eigenvalue weighted by Gasteiger charge is 1.99. The van der Waals surface area contributed by atoms with Crippen molar-refractivity contribution < 1.29 is 5.11 Å². The molecule has 0 atom stereocenters. The third-order valence-electron chi connectivity index (χ3n) is 2.33. The second kappa shape index (κ2) is 5.59. The van der Waals surface area contributed by atoms with E-state index in [0.29, 0.717) is 5.75 Å². The van der Waals surface area contributed by atoms with E-state index in [-0.39, 0.29) is 0 Å². The number of rotatable bonds is 4. The van der Waals surface area contributed by atoms with Gasteiger partial charge < -0.3 is 10.4 Å². The molecule has 0 bridgehead atoms. The number of thioether (sulfide) groups is 1. The van der Waals surface area contributed by atoms with Crippen LogP contribution in [0.5, 0.6) is 5.75 Å². The third kappa shape index (κ3) is 3.39. The number of pyridine rings is 1. The maximum atomic E-state index is 9.18. The molecular weight excluding hydrogens is 232 g/mol. The van der Waals surface area contributed by atoms with Gasteiger partial charge in [0, 0.05) is 29.6 Å². The van der Waals surface area contributed by atoms with Crippen molar-refractivity contribution in [3.05, 3.63) is 48.3 Å². The quantitative estimate of drug-likeness (QED) is 0.814. The number of hydrogen-bond donors (Lipinski definition) is 2. The Bertz CT molecular complexity index is 485. The largest absolute Gasteiger partial charge is 0.508 e. The topological polar surface area (TPSA) is 45.2 Å². The fourth-order valence-electron chi connectivity index (χ4n) is 1.41. The van der Waals surface area contributed by atoms with Crippen LogP contribution in [0, 0.1) is 0 Å². The number of phenols is 1. The molecule has 1 aromatic heterocycles. The summed E-state index contributed by atoms with van der Waals surface area (Å²) >= 11 is 1.70. The predicted molar refractivity (Wildman–Crippen MR) is 71.5 cm³/mol. The van der Waals surface area contributed by atoms with Gasteiger partial charge in [0.05, 0.1) is 5.69 Å². The van der Waals surface area contributed by atoms with Crippen molar-refractivity contribution in [2.45, 2.75) is 10.6 Å². The lowest BCUT2D eigenvalue weighted by molar-refractivity contribution is 0.475. The first-order valence-corrected chi connectivity index (χ1v) is 6.31. The first kappa shape index (κ1) is 11.8. The van der Waals surface area contributed by atoms with Crippen LogP contribution in [0.25, 0.3) is 0 Å². The lowest BCUT2D eigenvalue weighted by atomic mass is 10.3. The minimum atomic E-state index is 0.296. The molecule has 0 aliphatic heterocycles.